The van der Waals surface area contributed by atoms with Gasteiger partial charge < -0.3 is 19.7 Å². The Morgan fingerprint density at radius 3 is 2.56 bits per heavy atom. The minimum absolute atomic E-state index is 0.0428. The molecule has 1 saturated heterocycles. The number of benzene rings is 1. The third kappa shape index (κ3) is 6.03. The highest BCUT2D eigenvalue weighted by Gasteiger charge is 2.24. The van der Waals surface area contributed by atoms with Crippen LogP contribution in [0.15, 0.2) is 12.1 Å². The average molecular weight is 397 g/mol. The number of hydrogen-bond donors (Lipinski definition) is 1. The van der Waals surface area contributed by atoms with E-state index in [4.69, 9.17) is 21.1 Å². The molecule has 1 aromatic carbocycles. The Hall–Kier alpha value is -1.95. The number of halogens is 1. The topological polar surface area (TPSA) is 67.9 Å². The first-order valence-electron chi connectivity index (χ1n) is 9.45. The fraction of sp³-hybridized carbons (Fsp3) is 0.600. The number of aryl methyl sites for hydroxylation is 1. The van der Waals surface area contributed by atoms with Crippen molar-refractivity contribution in [2.45, 2.75) is 52.5 Å². The first-order chi connectivity index (χ1) is 12.8. The zero-order valence-electron chi connectivity index (χ0n) is 16.5. The Bertz CT molecular complexity index is 670. The van der Waals surface area contributed by atoms with Gasteiger partial charge >= 0.3 is 6.09 Å². The Kier molecular flexibility index (Phi) is 7.78. The van der Waals surface area contributed by atoms with Crippen molar-refractivity contribution in [3.63, 3.8) is 0 Å². The number of nitrogens with zero attached hydrogens (tertiary/aromatic N) is 1. The monoisotopic (exact) mass is 396 g/mol. The minimum atomic E-state index is -0.287. The lowest BCUT2D eigenvalue weighted by atomic mass is 10.0. The first-order valence-corrected chi connectivity index (χ1v) is 9.83. The summed E-state index contributed by atoms with van der Waals surface area (Å²) in [4.78, 5) is 25.7. The highest BCUT2D eigenvalue weighted by Crippen LogP contribution is 2.32. The van der Waals surface area contributed by atoms with E-state index in [1.54, 1.807) is 11.8 Å². The van der Waals surface area contributed by atoms with Gasteiger partial charge in [-0.3, -0.25) is 4.79 Å². The van der Waals surface area contributed by atoms with E-state index in [9.17, 15) is 9.59 Å². The molecule has 0 aliphatic carbocycles. The van der Waals surface area contributed by atoms with Gasteiger partial charge in [0.05, 0.1) is 6.61 Å². The summed E-state index contributed by atoms with van der Waals surface area (Å²) < 4.78 is 10.8. The zero-order chi connectivity index (χ0) is 20.0. The number of nitrogens with one attached hydrogen (secondary N) is 1. The maximum Gasteiger partial charge on any atom is 0.409 e. The predicted molar refractivity (Wildman–Crippen MR) is 106 cm³/mol. The summed E-state index contributed by atoms with van der Waals surface area (Å²) in [5.74, 6) is 0.777. The van der Waals surface area contributed by atoms with Gasteiger partial charge in [0, 0.05) is 24.2 Å². The zero-order valence-corrected chi connectivity index (χ0v) is 17.3. The maximum absolute atomic E-state index is 12.3. The van der Waals surface area contributed by atoms with E-state index in [1.807, 2.05) is 19.1 Å². The number of carbonyl (C=O) groups is 2. The fourth-order valence-corrected chi connectivity index (χ4v) is 3.25. The van der Waals surface area contributed by atoms with Crippen LogP contribution in [0.25, 0.3) is 0 Å². The molecule has 1 heterocycles. The molecule has 2 rings (SSSR count). The summed E-state index contributed by atoms with van der Waals surface area (Å²) in [6.07, 6.45) is 1.13. The van der Waals surface area contributed by atoms with Crippen LogP contribution in [0, 0.1) is 6.92 Å². The second-order valence-corrected chi connectivity index (χ2v) is 7.52. The van der Waals surface area contributed by atoms with Crippen LogP contribution in [0.1, 0.15) is 50.7 Å². The van der Waals surface area contributed by atoms with E-state index >= 15 is 0 Å². The lowest BCUT2D eigenvalue weighted by Gasteiger charge is -2.31. The van der Waals surface area contributed by atoms with Gasteiger partial charge in [0.1, 0.15) is 5.75 Å². The molecule has 150 valence electrons. The predicted octanol–water partition coefficient (Wildman–Crippen LogP) is 3.89. The van der Waals surface area contributed by atoms with Gasteiger partial charge in [0.25, 0.3) is 5.91 Å². The van der Waals surface area contributed by atoms with Crippen LogP contribution in [-0.4, -0.2) is 49.2 Å². The number of rotatable bonds is 6. The van der Waals surface area contributed by atoms with Crippen molar-refractivity contribution in [1.82, 2.24) is 10.2 Å². The van der Waals surface area contributed by atoms with Crippen molar-refractivity contribution in [2.75, 3.05) is 26.3 Å². The van der Waals surface area contributed by atoms with Crippen LogP contribution in [-0.2, 0) is 9.53 Å². The standard InChI is InChI=1S/C20H29ClN2O4/c1-5-26-20(25)23-8-6-15(7-9-23)22-19(24)12-27-18-10-14(4)17(21)11-16(18)13(2)3/h10-11,13,15H,5-9,12H2,1-4H3,(H,22,24). The van der Waals surface area contributed by atoms with Crippen LogP contribution in [0.3, 0.4) is 0 Å². The van der Waals surface area contributed by atoms with Crippen LogP contribution in [0.5, 0.6) is 5.75 Å². The summed E-state index contributed by atoms with van der Waals surface area (Å²) >= 11 is 6.20. The molecule has 6 nitrogen and oxygen atoms in total. The average Bonchev–Trinajstić information content (AvgIpc) is 2.63. The molecule has 7 heteroatoms. The highest BCUT2D eigenvalue weighted by atomic mass is 35.5. The molecule has 0 spiro atoms. The van der Waals surface area contributed by atoms with E-state index in [2.05, 4.69) is 19.2 Å². The van der Waals surface area contributed by atoms with Crippen molar-refractivity contribution in [2.24, 2.45) is 0 Å². The van der Waals surface area contributed by atoms with Gasteiger partial charge in [0.15, 0.2) is 6.61 Å². The Labute approximate surface area is 166 Å². The largest absolute Gasteiger partial charge is 0.483 e. The maximum atomic E-state index is 12.3. The number of ether oxygens (including phenoxy) is 2. The van der Waals surface area contributed by atoms with Crippen molar-refractivity contribution in [3.8, 4) is 5.75 Å². The molecule has 0 bridgehead atoms. The summed E-state index contributed by atoms with van der Waals surface area (Å²) in [6, 6.07) is 3.83. The second kappa shape index (κ2) is 9.83. The van der Waals surface area contributed by atoms with E-state index in [0.29, 0.717) is 43.3 Å². The molecule has 1 N–H and O–H groups in total. The molecular weight excluding hydrogens is 368 g/mol. The van der Waals surface area contributed by atoms with Gasteiger partial charge in [-0.15, -0.1) is 0 Å². The molecule has 1 fully saturated rings. The van der Waals surface area contributed by atoms with Crippen molar-refractivity contribution in [1.29, 1.82) is 0 Å². The number of piperidine rings is 1. The Morgan fingerprint density at radius 2 is 1.96 bits per heavy atom. The molecule has 0 atom stereocenters. The smallest absolute Gasteiger partial charge is 0.409 e. The molecule has 1 aliphatic rings. The van der Waals surface area contributed by atoms with Gasteiger partial charge in [-0.1, -0.05) is 25.4 Å². The van der Waals surface area contributed by atoms with E-state index in [-0.39, 0.29) is 30.6 Å². The van der Waals surface area contributed by atoms with Crippen LogP contribution < -0.4 is 10.1 Å². The Morgan fingerprint density at radius 1 is 1.30 bits per heavy atom. The van der Waals surface area contributed by atoms with Gasteiger partial charge in [-0.05, 0) is 55.9 Å². The summed E-state index contributed by atoms with van der Waals surface area (Å²) in [5, 5.41) is 3.68. The molecule has 0 saturated carbocycles. The molecular formula is C20H29ClN2O4. The lowest BCUT2D eigenvalue weighted by molar-refractivity contribution is -0.124. The number of carbonyl (C=O) groups excluding carboxylic acids is 2. The molecule has 2 amide bonds. The molecule has 0 unspecified atom stereocenters. The highest BCUT2D eigenvalue weighted by molar-refractivity contribution is 6.31. The summed E-state index contributed by atoms with van der Waals surface area (Å²) in [6.45, 7) is 9.32. The van der Waals surface area contributed by atoms with Crippen molar-refractivity contribution < 1.29 is 19.1 Å². The van der Waals surface area contributed by atoms with E-state index in [1.165, 1.54) is 0 Å². The number of amides is 2. The minimum Gasteiger partial charge on any atom is -0.483 e. The molecule has 0 aromatic heterocycles. The van der Waals surface area contributed by atoms with E-state index in [0.717, 1.165) is 11.1 Å². The molecule has 27 heavy (non-hydrogen) atoms. The van der Waals surface area contributed by atoms with Crippen molar-refractivity contribution in [3.05, 3.63) is 28.3 Å². The van der Waals surface area contributed by atoms with Gasteiger partial charge in [0.2, 0.25) is 0 Å². The van der Waals surface area contributed by atoms with Gasteiger partial charge in [-0.25, -0.2) is 4.79 Å². The van der Waals surface area contributed by atoms with Crippen LogP contribution in [0.2, 0.25) is 5.02 Å². The Balaban J connectivity index is 1.84. The summed E-state index contributed by atoms with van der Waals surface area (Å²) in [7, 11) is 0. The SMILES string of the molecule is CCOC(=O)N1CCC(NC(=O)COc2cc(C)c(Cl)cc2C(C)C)CC1. The number of likely N-dealkylation sites (tertiary alicyclic amines) is 1. The third-order valence-corrected chi connectivity index (χ3v) is 5.07. The van der Waals surface area contributed by atoms with Crippen molar-refractivity contribution >= 4 is 23.6 Å². The quantitative estimate of drug-likeness (QED) is 0.792. The lowest BCUT2D eigenvalue weighted by Crippen LogP contribution is -2.47. The number of hydrogen-bond acceptors (Lipinski definition) is 4. The van der Waals surface area contributed by atoms with Gasteiger partial charge in [-0.2, -0.15) is 0 Å². The fourth-order valence-electron chi connectivity index (χ4n) is 3.08. The van der Waals surface area contributed by atoms with E-state index < -0.39 is 0 Å². The first kappa shape index (κ1) is 21.4. The van der Waals surface area contributed by atoms with Crippen LogP contribution >= 0.6 is 11.6 Å². The summed E-state index contributed by atoms with van der Waals surface area (Å²) in [5.41, 5.74) is 1.91. The molecule has 0 radical (unpaired) electrons. The molecule has 1 aromatic rings. The molecule has 1 aliphatic heterocycles. The van der Waals surface area contributed by atoms with Crippen LogP contribution in [0.4, 0.5) is 4.79 Å². The normalized spacial score (nSPS) is 15.0. The third-order valence-electron chi connectivity index (χ3n) is 4.66. The second-order valence-electron chi connectivity index (χ2n) is 7.11.